The number of hydrogen-bond acceptors (Lipinski definition) is 5. The molecule has 0 unspecified atom stereocenters. The maximum absolute atomic E-state index is 10.7. The topological polar surface area (TPSA) is 85.2 Å². The normalized spacial score (nSPS) is 11.3. The average molecular weight is 495 g/mol. The minimum atomic E-state index is -1.42. The van der Waals surface area contributed by atoms with Crippen LogP contribution in [0, 0.1) is 0 Å². The van der Waals surface area contributed by atoms with Crippen LogP contribution < -0.4 is 4.74 Å². The highest BCUT2D eigenvalue weighted by molar-refractivity contribution is 5.63. The molecular weight excluding hydrogens is 444 g/mol. The molecule has 6 nitrogen and oxygen atoms in total. The van der Waals surface area contributed by atoms with Crippen molar-refractivity contribution in [3.8, 4) is 11.5 Å². The van der Waals surface area contributed by atoms with E-state index in [0.29, 0.717) is 6.42 Å². The first-order valence-corrected chi connectivity index (χ1v) is 14.0. The van der Waals surface area contributed by atoms with Gasteiger partial charge in [-0.2, -0.15) is 0 Å². The van der Waals surface area contributed by atoms with E-state index < -0.39 is 6.16 Å². The molecule has 0 bridgehead atoms. The van der Waals surface area contributed by atoms with Gasteiger partial charge in [0.15, 0.2) is 17.8 Å². The van der Waals surface area contributed by atoms with Crippen LogP contribution in [-0.2, 0) is 15.9 Å². The summed E-state index contributed by atoms with van der Waals surface area (Å²) in [5.41, 5.74) is 0.725. The molecule has 0 aliphatic rings. The Kier molecular flexibility index (Phi) is 19.2. The fourth-order valence-corrected chi connectivity index (χ4v) is 4.16. The van der Waals surface area contributed by atoms with Crippen LogP contribution in [-0.4, -0.2) is 35.9 Å². The van der Waals surface area contributed by atoms with Gasteiger partial charge in [0.1, 0.15) is 0 Å². The van der Waals surface area contributed by atoms with Crippen LogP contribution in [0.5, 0.6) is 11.5 Å². The molecule has 0 saturated carbocycles. The fraction of sp³-hybridized carbons (Fsp3) is 0.759. The van der Waals surface area contributed by atoms with Crippen molar-refractivity contribution in [2.24, 2.45) is 0 Å². The molecule has 202 valence electrons. The van der Waals surface area contributed by atoms with Gasteiger partial charge in [0.05, 0.1) is 0 Å². The molecule has 0 aliphatic heterocycles. The van der Waals surface area contributed by atoms with E-state index in [1.165, 1.54) is 57.4 Å². The zero-order valence-electron chi connectivity index (χ0n) is 22.3. The minimum Gasteiger partial charge on any atom is -0.504 e. The molecule has 0 fully saturated rings. The standard InChI is InChI=1S/C29H50O6/c1-3-5-7-12-16-23-33-27(34-24-17-13-8-6-4-2)22-15-11-9-10-14-19-25-20-18-21-26(28(25)30)35-29(31)32/h18,20-21,27,30H,3-17,19,22-24H2,1-2H3,(H,31,32). The zero-order chi connectivity index (χ0) is 25.6. The molecule has 0 heterocycles. The number of aromatic hydroxyl groups is 1. The number of para-hydroxylation sites is 1. The maximum Gasteiger partial charge on any atom is 0.511 e. The number of unbranched alkanes of at least 4 members (excludes halogenated alkanes) is 12. The lowest BCUT2D eigenvalue weighted by Gasteiger charge is -2.19. The second-order valence-electron chi connectivity index (χ2n) is 9.44. The van der Waals surface area contributed by atoms with E-state index in [4.69, 9.17) is 14.6 Å². The molecule has 0 aliphatic carbocycles. The van der Waals surface area contributed by atoms with Crippen molar-refractivity contribution < 1.29 is 29.2 Å². The van der Waals surface area contributed by atoms with Gasteiger partial charge in [0.2, 0.25) is 0 Å². The average Bonchev–Trinajstić information content (AvgIpc) is 2.84. The van der Waals surface area contributed by atoms with E-state index in [9.17, 15) is 9.90 Å². The second kappa shape index (κ2) is 21.5. The lowest BCUT2D eigenvalue weighted by atomic mass is 10.0. The van der Waals surface area contributed by atoms with E-state index >= 15 is 0 Å². The zero-order valence-corrected chi connectivity index (χ0v) is 22.3. The van der Waals surface area contributed by atoms with Crippen LogP contribution in [0.15, 0.2) is 18.2 Å². The number of carbonyl (C=O) groups is 1. The monoisotopic (exact) mass is 494 g/mol. The highest BCUT2D eigenvalue weighted by Crippen LogP contribution is 2.31. The third kappa shape index (κ3) is 16.5. The lowest BCUT2D eigenvalue weighted by molar-refractivity contribution is -0.148. The van der Waals surface area contributed by atoms with Crippen LogP contribution in [0.2, 0.25) is 0 Å². The third-order valence-electron chi connectivity index (χ3n) is 6.27. The van der Waals surface area contributed by atoms with Crippen LogP contribution in [0.3, 0.4) is 0 Å². The van der Waals surface area contributed by atoms with Crippen LogP contribution in [0.1, 0.15) is 122 Å². The smallest absolute Gasteiger partial charge is 0.504 e. The summed E-state index contributed by atoms with van der Waals surface area (Å²) in [7, 11) is 0. The van der Waals surface area contributed by atoms with Gasteiger partial charge in [0, 0.05) is 13.2 Å². The fourth-order valence-electron chi connectivity index (χ4n) is 4.16. The van der Waals surface area contributed by atoms with E-state index in [2.05, 4.69) is 18.6 Å². The van der Waals surface area contributed by atoms with Crippen molar-refractivity contribution in [1.82, 2.24) is 0 Å². The van der Waals surface area contributed by atoms with Gasteiger partial charge in [-0.1, -0.05) is 96.6 Å². The Bertz CT molecular complexity index is 632. The molecule has 0 aromatic heterocycles. The number of ether oxygens (including phenoxy) is 3. The van der Waals surface area contributed by atoms with Crippen LogP contribution >= 0.6 is 0 Å². The molecule has 0 radical (unpaired) electrons. The van der Waals surface area contributed by atoms with Crippen molar-refractivity contribution in [2.45, 2.75) is 129 Å². The van der Waals surface area contributed by atoms with Crippen molar-refractivity contribution in [3.05, 3.63) is 23.8 Å². The van der Waals surface area contributed by atoms with Gasteiger partial charge in [0.25, 0.3) is 0 Å². The summed E-state index contributed by atoms with van der Waals surface area (Å²) in [5.74, 6) is -0.0757. The number of carboxylic acid groups (broad SMARTS) is 1. The molecule has 0 saturated heterocycles. The van der Waals surface area contributed by atoms with Gasteiger partial charge < -0.3 is 24.4 Å². The van der Waals surface area contributed by atoms with Gasteiger partial charge in [-0.15, -0.1) is 0 Å². The summed E-state index contributed by atoms with van der Waals surface area (Å²) in [5, 5.41) is 18.9. The Morgan fingerprint density at radius 2 is 1.31 bits per heavy atom. The Morgan fingerprint density at radius 3 is 1.91 bits per heavy atom. The number of phenolic OH excluding ortho intramolecular Hbond substituents is 1. The second-order valence-corrected chi connectivity index (χ2v) is 9.44. The van der Waals surface area contributed by atoms with E-state index in [-0.39, 0.29) is 17.8 Å². The third-order valence-corrected chi connectivity index (χ3v) is 6.27. The van der Waals surface area contributed by atoms with Crippen molar-refractivity contribution in [1.29, 1.82) is 0 Å². The number of hydrogen-bond donors (Lipinski definition) is 2. The van der Waals surface area contributed by atoms with Gasteiger partial charge in [-0.25, -0.2) is 4.79 Å². The van der Waals surface area contributed by atoms with Crippen molar-refractivity contribution >= 4 is 6.16 Å². The van der Waals surface area contributed by atoms with Crippen molar-refractivity contribution in [3.63, 3.8) is 0 Å². The maximum atomic E-state index is 10.7. The first-order valence-electron chi connectivity index (χ1n) is 14.0. The molecule has 0 amide bonds. The number of aryl methyl sites for hydroxylation is 1. The van der Waals surface area contributed by atoms with Crippen LogP contribution in [0.4, 0.5) is 4.79 Å². The molecule has 1 rings (SSSR count). The Balaban J connectivity index is 2.24. The van der Waals surface area contributed by atoms with Gasteiger partial charge in [-0.05, 0) is 50.2 Å². The largest absolute Gasteiger partial charge is 0.511 e. The number of rotatable bonds is 23. The lowest BCUT2D eigenvalue weighted by Crippen LogP contribution is -2.19. The molecule has 1 aromatic carbocycles. The van der Waals surface area contributed by atoms with Crippen molar-refractivity contribution in [2.75, 3.05) is 13.2 Å². The molecule has 35 heavy (non-hydrogen) atoms. The van der Waals surface area contributed by atoms with Crippen LogP contribution in [0.25, 0.3) is 0 Å². The van der Waals surface area contributed by atoms with E-state index in [1.807, 2.05) is 6.07 Å². The highest BCUT2D eigenvalue weighted by atomic mass is 16.7. The van der Waals surface area contributed by atoms with Gasteiger partial charge >= 0.3 is 6.16 Å². The molecule has 0 atom stereocenters. The molecule has 2 N–H and O–H groups in total. The van der Waals surface area contributed by atoms with Gasteiger partial charge in [-0.3, -0.25) is 0 Å². The summed E-state index contributed by atoms with van der Waals surface area (Å²) >= 11 is 0. The Morgan fingerprint density at radius 1 is 0.771 bits per heavy atom. The predicted molar refractivity (Wildman–Crippen MR) is 141 cm³/mol. The molecular formula is C29H50O6. The number of phenols is 1. The summed E-state index contributed by atoms with van der Waals surface area (Å²) < 4.78 is 16.8. The first kappa shape index (κ1) is 31.2. The Hall–Kier alpha value is -1.79. The number of benzene rings is 1. The SMILES string of the molecule is CCCCCCCOC(CCCCCCCc1cccc(OC(=O)O)c1O)OCCCCCCC. The predicted octanol–water partition coefficient (Wildman–Crippen LogP) is 8.63. The summed E-state index contributed by atoms with van der Waals surface area (Å²) in [6, 6.07) is 4.98. The minimum absolute atomic E-state index is 0.00299. The molecule has 0 spiro atoms. The Labute approximate surface area is 213 Å². The molecule has 6 heteroatoms. The quantitative estimate of drug-likeness (QED) is 0.0685. The summed E-state index contributed by atoms with van der Waals surface area (Å²) in [6.07, 6.45) is 17.9. The summed E-state index contributed by atoms with van der Waals surface area (Å²) in [4.78, 5) is 10.7. The van der Waals surface area contributed by atoms with E-state index in [0.717, 1.165) is 70.1 Å². The summed E-state index contributed by atoms with van der Waals surface area (Å²) in [6.45, 7) is 6.05. The first-order chi connectivity index (χ1) is 17.1. The molecule has 1 aromatic rings. The van der Waals surface area contributed by atoms with E-state index in [1.54, 1.807) is 6.07 Å². The highest BCUT2D eigenvalue weighted by Gasteiger charge is 2.12.